The van der Waals surface area contributed by atoms with Gasteiger partial charge in [-0.2, -0.15) is 13.2 Å². The summed E-state index contributed by atoms with van der Waals surface area (Å²) in [6, 6.07) is 0.921. The molecule has 1 aliphatic heterocycles. The molecule has 19 heavy (non-hydrogen) atoms. The standard InChI is InChI=1S/C11H13F3N4O/c12-11(13,14)8-5-9(17-6-16-8)18-3-1-7(2-4-18)10(15)19/h5-7H,1-4H2,(H2,15,19). The molecule has 1 fully saturated rings. The Kier molecular flexibility index (Phi) is 3.59. The van der Waals surface area contributed by atoms with Crippen LogP contribution < -0.4 is 10.6 Å². The summed E-state index contributed by atoms with van der Waals surface area (Å²) in [6.45, 7) is 0.920. The van der Waals surface area contributed by atoms with Gasteiger partial charge in [0.2, 0.25) is 5.91 Å². The van der Waals surface area contributed by atoms with Crippen molar-refractivity contribution < 1.29 is 18.0 Å². The number of alkyl halides is 3. The van der Waals surface area contributed by atoms with Crippen LogP contribution in [0.2, 0.25) is 0 Å². The van der Waals surface area contributed by atoms with Gasteiger partial charge in [0.05, 0.1) is 0 Å². The summed E-state index contributed by atoms with van der Waals surface area (Å²) < 4.78 is 37.6. The number of nitrogens with two attached hydrogens (primary N) is 1. The Labute approximate surface area is 107 Å². The number of carbonyl (C=O) groups is 1. The molecule has 1 aromatic heterocycles. The first-order chi connectivity index (χ1) is 8.88. The van der Waals surface area contributed by atoms with Crippen LogP contribution in [0, 0.1) is 5.92 Å². The van der Waals surface area contributed by atoms with E-state index in [-0.39, 0.29) is 17.6 Å². The highest BCUT2D eigenvalue weighted by atomic mass is 19.4. The first kappa shape index (κ1) is 13.6. The molecule has 0 aliphatic carbocycles. The van der Waals surface area contributed by atoms with E-state index in [0.717, 1.165) is 12.4 Å². The molecule has 0 spiro atoms. The molecule has 5 nitrogen and oxygen atoms in total. The number of amides is 1. The van der Waals surface area contributed by atoms with Crippen LogP contribution in [-0.2, 0) is 11.0 Å². The first-order valence-corrected chi connectivity index (χ1v) is 5.81. The minimum absolute atomic E-state index is 0.208. The molecule has 1 aliphatic rings. The molecule has 2 heterocycles. The monoisotopic (exact) mass is 274 g/mol. The number of nitrogens with zero attached hydrogens (tertiary/aromatic N) is 3. The predicted octanol–water partition coefficient (Wildman–Crippen LogP) is 1.20. The third-order valence-electron chi connectivity index (χ3n) is 3.16. The smallest absolute Gasteiger partial charge is 0.369 e. The number of hydrogen-bond acceptors (Lipinski definition) is 4. The Hall–Kier alpha value is -1.86. The predicted molar refractivity (Wildman–Crippen MR) is 61.2 cm³/mol. The Morgan fingerprint density at radius 3 is 2.47 bits per heavy atom. The Morgan fingerprint density at radius 2 is 1.95 bits per heavy atom. The van der Waals surface area contributed by atoms with Gasteiger partial charge < -0.3 is 10.6 Å². The Morgan fingerprint density at radius 1 is 1.32 bits per heavy atom. The van der Waals surface area contributed by atoms with Crippen molar-refractivity contribution in [3.05, 3.63) is 18.1 Å². The van der Waals surface area contributed by atoms with Crippen LogP contribution in [-0.4, -0.2) is 29.0 Å². The number of primary amides is 1. The molecule has 8 heteroatoms. The largest absolute Gasteiger partial charge is 0.433 e. The van der Waals surface area contributed by atoms with E-state index in [4.69, 9.17) is 5.73 Å². The highest BCUT2D eigenvalue weighted by Crippen LogP contribution is 2.30. The van der Waals surface area contributed by atoms with Gasteiger partial charge in [0.15, 0.2) is 0 Å². The SMILES string of the molecule is NC(=O)C1CCN(c2cc(C(F)(F)F)ncn2)CC1. The van der Waals surface area contributed by atoms with E-state index in [0.29, 0.717) is 25.9 Å². The fourth-order valence-electron chi connectivity index (χ4n) is 2.07. The molecule has 0 atom stereocenters. The van der Waals surface area contributed by atoms with Crippen LogP contribution in [0.1, 0.15) is 18.5 Å². The van der Waals surface area contributed by atoms with E-state index in [9.17, 15) is 18.0 Å². The van der Waals surface area contributed by atoms with E-state index >= 15 is 0 Å². The van der Waals surface area contributed by atoms with Crippen LogP contribution >= 0.6 is 0 Å². The summed E-state index contributed by atoms with van der Waals surface area (Å²) in [4.78, 5) is 19.8. The van der Waals surface area contributed by atoms with E-state index in [2.05, 4.69) is 9.97 Å². The van der Waals surface area contributed by atoms with Crippen molar-refractivity contribution in [1.82, 2.24) is 9.97 Å². The van der Waals surface area contributed by atoms with Crippen LogP contribution in [0.5, 0.6) is 0 Å². The summed E-state index contributed by atoms with van der Waals surface area (Å²) in [6.07, 6.45) is -2.52. The maximum Gasteiger partial charge on any atom is 0.433 e. The number of hydrogen-bond donors (Lipinski definition) is 1. The molecule has 2 N–H and O–H groups in total. The summed E-state index contributed by atoms with van der Waals surface area (Å²) in [5, 5.41) is 0. The summed E-state index contributed by atoms with van der Waals surface area (Å²) in [7, 11) is 0. The minimum atomic E-state index is -4.48. The number of carbonyl (C=O) groups excluding carboxylic acids is 1. The lowest BCUT2D eigenvalue weighted by molar-refractivity contribution is -0.141. The van der Waals surface area contributed by atoms with Crippen molar-refractivity contribution in [3.8, 4) is 0 Å². The van der Waals surface area contributed by atoms with E-state index in [1.54, 1.807) is 4.90 Å². The summed E-state index contributed by atoms with van der Waals surface area (Å²) in [5.74, 6) is -0.344. The van der Waals surface area contributed by atoms with Gasteiger partial charge in [-0.1, -0.05) is 0 Å². The molecule has 2 rings (SSSR count). The lowest BCUT2D eigenvalue weighted by atomic mass is 9.96. The van der Waals surface area contributed by atoms with Crippen LogP contribution in [0.4, 0.5) is 19.0 Å². The first-order valence-electron chi connectivity index (χ1n) is 5.81. The highest BCUT2D eigenvalue weighted by molar-refractivity contribution is 5.76. The molecule has 1 amide bonds. The average Bonchev–Trinajstić information content (AvgIpc) is 2.38. The fourth-order valence-corrected chi connectivity index (χ4v) is 2.07. The number of aromatic nitrogens is 2. The molecule has 0 unspecified atom stereocenters. The van der Waals surface area contributed by atoms with Gasteiger partial charge >= 0.3 is 6.18 Å². The van der Waals surface area contributed by atoms with Gasteiger partial charge in [0.1, 0.15) is 17.8 Å². The van der Waals surface area contributed by atoms with Gasteiger partial charge in [-0.15, -0.1) is 0 Å². The topological polar surface area (TPSA) is 72.1 Å². The van der Waals surface area contributed by atoms with Gasteiger partial charge in [-0.25, -0.2) is 9.97 Å². The second kappa shape index (κ2) is 5.02. The second-order valence-corrected chi connectivity index (χ2v) is 4.42. The molecule has 0 saturated carbocycles. The lowest BCUT2D eigenvalue weighted by Crippen LogP contribution is -2.39. The van der Waals surface area contributed by atoms with Gasteiger partial charge in [-0.3, -0.25) is 4.79 Å². The molecule has 104 valence electrons. The van der Waals surface area contributed by atoms with Crippen LogP contribution in [0.3, 0.4) is 0 Å². The minimum Gasteiger partial charge on any atom is -0.369 e. The van der Waals surface area contributed by atoms with Crippen molar-refractivity contribution in [3.63, 3.8) is 0 Å². The van der Waals surface area contributed by atoms with Crippen molar-refractivity contribution in [2.75, 3.05) is 18.0 Å². The maximum atomic E-state index is 12.5. The molecular formula is C11H13F3N4O. The van der Waals surface area contributed by atoms with E-state index in [1.165, 1.54) is 0 Å². The lowest BCUT2D eigenvalue weighted by Gasteiger charge is -2.31. The number of rotatable bonds is 2. The van der Waals surface area contributed by atoms with Crippen molar-refractivity contribution in [2.45, 2.75) is 19.0 Å². The quantitative estimate of drug-likeness (QED) is 0.879. The van der Waals surface area contributed by atoms with Crippen LogP contribution in [0.25, 0.3) is 0 Å². The molecule has 1 aromatic rings. The van der Waals surface area contributed by atoms with Gasteiger partial charge in [-0.05, 0) is 12.8 Å². The zero-order valence-corrected chi connectivity index (χ0v) is 10.0. The van der Waals surface area contributed by atoms with Gasteiger partial charge in [0.25, 0.3) is 0 Å². The number of anilines is 1. The second-order valence-electron chi connectivity index (χ2n) is 4.42. The number of piperidine rings is 1. The normalized spacial score (nSPS) is 17.5. The Balaban J connectivity index is 2.10. The average molecular weight is 274 g/mol. The van der Waals surface area contributed by atoms with Crippen LogP contribution in [0.15, 0.2) is 12.4 Å². The zero-order valence-electron chi connectivity index (χ0n) is 10.0. The van der Waals surface area contributed by atoms with E-state index in [1.807, 2.05) is 0 Å². The molecular weight excluding hydrogens is 261 g/mol. The van der Waals surface area contributed by atoms with E-state index < -0.39 is 11.9 Å². The third-order valence-corrected chi connectivity index (χ3v) is 3.16. The van der Waals surface area contributed by atoms with Crippen molar-refractivity contribution in [1.29, 1.82) is 0 Å². The third kappa shape index (κ3) is 3.12. The molecule has 0 radical (unpaired) electrons. The Bertz CT molecular complexity index is 469. The molecule has 0 aromatic carbocycles. The fraction of sp³-hybridized carbons (Fsp3) is 0.545. The van der Waals surface area contributed by atoms with Gasteiger partial charge in [0, 0.05) is 25.1 Å². The molecule has 1 saturated heterocycles. The summed E-state index contributed by atoms with van der Waals surface area (Å²) in [5.41, 5.74) is 4.24. The van der Waals surface area contributed by atoms with Crippen molar-refractivity contribution in [2.24, 2.45) is 11.7 Å². The maximum absolute atomic E-state index is 12.5. The zero-order chi connectivity index (χ0) is 14.0. The van der Waals surface area contributed by atoms with Crippen molar-refractivity contribution >= 4 is 11.7 Å². The molecule has 0 bridgehead atoms. The number of halogens is 3. The highest BCUT2D eigenvalue weighted by Gasteiger charge is 2.33. The summed E-state index contributed by atoms with van der Waals surface area (Å²) >= 11 is 0.